The lowest BCUT2D eigenvalue weighted by Gasteiger charge is -2.12. The van der Waals surface area contributed by atoms with Crippen LogP contribution in [0, 0.1) is 5.92 Å². The number of benzene rings is 1. The number of hydrogen-bond acceptors (Lipinski definition) is 2. The van der Waals surface area contributed by atoms with Crippen molar-refractivity contribution in [2.45, 2.75) is 6.42 Å². The molecule has 0 aromatic heterocycles. The Labute approximate surface area is 93.6 Å². The summed E-state index contributed by atoms with van der Waals surface area (Å²) in [4.78, 5) is 0. The monoisotopic (exact) mass is 233 g/mol. The van der Waals surface area contributed by atoms with Crippen molar-refractivity contribution in [1.29, 1.82) is 0 Å². The first kappa shape index (κ1) is 11.8. The molecule has 78 valence electrons. The molecule has 0 saturated carbocycles. The fraction of sp³-hybridized carbons (Fsp3) is 0.400. The lowest BCUT2D eigenvalue weighted by molar-refractivity contribution is 0.230. The van der Waals surface area contributed by atoms with E-state index in [1.165, 1.54) is 0 Å². The van der Waals surface area contributed by atoms with Gasteiger partial charge in [-0.05, 0) is 30.5 Å². The van der Waals surface area contributed by atoms with Crippen LogP contribution in [0.1, 0.15) is 5.56 Å². The summed E-state index contributed by atoms with van der Waals surface area (Å²) >= 11 is 11.9. The first-order valence-corrected chi connectivity index (χ1v) is 5.18. The van der Waals surface area contributed by atoms with Crippen molar-refractivity contribution in [3.05, 3.63) is 33.8 Å². The topological polar surface area (TPSA) is 46.2 Å². The van der Waals surface area contributed by atoms with Gasteiger partial charge in [-0.1, -0.05) is 35.3 Å². The molecule has 14 heavy (non-hydrogen) atoms. The number of aliphatic hydroxyl groups excluding tert-OH is 1. The lowest BCUT2D eigenvalue weighted by Crippen LogP contribution is -2.20. The van der Waals surface area contributed by atoms with Crippen LogP contribution in [0.25, 0.3) is 0 Å². The Morgan fingerprint density at radius 3 is 2.64 bits per heavy atom. The van der Waals surface area contributed by atoms with Crippen molar-refractivity contribution in [1.82, 2.24) is 0 Å². The van der Waals surface area contributed by atoms with Crippen molar-refractivity contribution < 1.29 is 5.11 Å². The predicted octanol–water partition coefficient (Wildman–Crippen LogP) is 2.10. The molecule has 0 bridgehead atoms. The highest BCUT2D eigenvalue weighted by Crippen LogP contribution is 2.27. The predicted molar refractivity (Wildman–Crippen MR) is 59.8 cm³/mol. The van der Waals surface area contributed by atoms with E-state index in [2.05, 4.69) is 0 Å². The quantitative estimate of drug-likeness (QED) is 0.837. The van der Waals surface area contributed by atoms with Crippen molar-refractivity contribution in [3.63, 3.8) is 0 Å². The number of nitrogens with two attached hydrogens (primary N) is 1. The average Bonchev–Trinajstić information content (AvgIpc) is 2.20. The minimum absolute atomic E-state index is 0.0472. The van der Waals surface area contributed by atoms with E-state index in [1.807, 2.05) is 12.1 Å². The first-order valence-electron chi connectivity index (χ1n) is 4.42. The van der Waals surface area contributed by atoms with Gasteiger partial charge in [-0.25, -0.2) is 0 Å². The van der Waals surface area contributed by atoms with Crippen LogP contribution in [0.15, 0.2) is 18.2 Å². The maximum absolute atomic E-state index is 8.99. The fourth-order valence-electron chi connectivity index (χ4n) is 1.24. The number of halogens is 2. The summed E-state index contributed by atoms with van der Waals surface area (Å²) in [6.07, 6.45) is 0.659. The van der Waals surface area contributed by atoms with Crippen LogP contribution in [0.5, 0.6) is 0 Å². The molecule has 1 aromatic carbocycles. The molecule has 1 aromatic rings. The van der Waals surface area contributed by atoms with Gasteiger partial charge in [-0.2, -0.15) is 0 Å². The van der Waals surface area contributed by atoms with Gasteiger partial charge in [-0.3, -0.25) is 0 Å². The third kappa shape index (κ3) is 2.85. The molecule has 3 N–H and O–H groups in total. The maximum Gasteiger partial charge on any atom is 0.0624 e. The number of aliphatic hydroxyl groups is 1. The molecule has 0 aliphatic rings. The van der Waals surface area contributed by atoms with Crippen LogP contribution >= 0.6 is 23.2 Å². The minimum Gasteiger partial charge on any atom is -0.396 e. The molecule has 0 amide bonds. The van der Waals surface area contributed by atoms with Gasteiger partial charge in [0.15, 0.2) is 0 Å². The summed E-state index contributed by atoms with van der Waals surface area (Å²) in [7, 11) is 0. The zero-order chi connectivity index (χ0) is 10.6. The second-order valence-electron chi connectivity index (χ2n) is 3.20. The molecule has 4 heteroatoms. The van der Waals surface area contributed by atoms with Crippen LogP contribution < -0.4 is 5.73 Å². The molecular formula is C10H13Cl2NO. The second-order valence-corrected chi connectivity index (χ2v) is 3.99. The van der Waals surface area contributed by atoms with E-state index in [0.717, 1.165) is 5.56 Å². The van der Waals surface area contributed by atoms with Gasteiger partial charge in [0.25, 0.3) is 0 Å². The van der Waals surface area contributed by atoms with E-state index in [0.29, 0.717) is 23.0 Å². The van der Waals surface area contributed by atoms with Gasteiger partial charge in [0.2, 0.25) is 0 Å². The number of rotatable bonds is 4. The average molecular weight is 234 g/mol. The van der Waals surface area contributed by atoms with Gasteiger partial charge in [-0.15, -0.1) is 0 Å². The van der Waals surface area contributed by atoms with Gasteiger partial charge in [0, 0.05) is 6.61 Å². The van der Waals surface area contributed by atoms with Crippen molar-refractivity contribution in [2.75, 3.05) is 13.2 Å². The zero-order valence-electron chi connectivity index (χ0n) is 7.71. The van der Waals surface area contributed by atoms with Crippen molar-refractivity contribution >= 4 is 23.2 Å². The third-order valence-electron chi connectivity index (χ3n) is 2.13. The van der Waals surface area contributed by atoms with Crippen LogP contribution in [-0.2, 0) is 6.42 Å². The summed E-state index contributed by atoms with van der Waals surface area (Å²) in [5.41, 5.74) is 6.42. The second kappa shape index (κ2) is 5.56. The summed E-state index contributed by atoms with van der Waals surface area (Å²) < 4.78 is 0. The first-order chi connectivity index (χ1) is 6.69. The summed E-state index contributed by atoms with van der Waals surface area (Å²) in [6, 6.07) is 5.48. The largest absolute Gasteiger partial charge is 0.396 e. The van der Waals surface area contributed by atoms with E-state index in [4.69, 9.17) is 34.0 Å². The smallest absolute Gasteiger partial charge is 0.0624 e. The number of hydrogen-bond donors (Lipinski definition) is 2. The highest BCUT2D eigenvalue weighted by Gasteiger charge is 2.10. The summed E-state index contributed by atoms with van der Waals surface area (Å²) in [6.45, 7) is 0.513. The van der Waals surface area contributed by atoms with E-state index >= 15 is 0 Å². The SMILES string of the molecule is NCC(CO)Cc1cccc(Cl)c1Cl. The Kier molecular flexibility index (Phi) is 4.69. The standard InChI is InChI=1S/C10H13Cl2NO/c11-9-3-1-2-8(10(9)12)4-7(5-13)6-14/h1-3,7,14H,4-6,13H2. The Hall–Kier alpha value is -0.280. The van der Waals surface area contributed by atoms with Gasteiger partial charge in [0.1, 0.15) is 0 Å². The van der Waals surface area contributed by atoms with Crippen LogP contribution in [0.3, 0.4) is 0 Å². The highest BCUT2D eigenvalue weighted by atomic mass is 35.5. The molecule has 0 spiro atoms. The Bertz CT molecular complexity index is 300. The van der Waals surface area contributed by atoms with Gasteiger partial charge in [0.05, 0.1) is 10.0 Å². The van der Waals surface area contributed by atoms with Crippen molar-refractivity contribution in [2.24, 2.45) is 11.7 Å². The van der Waals surface area contributed by atoms with E-state index in [-0.39, 0.29) is 12.5 Å². The maximum atomic E-state index is 8.99. The lowest BCUT2D eigenvalue weighted by atomic mass is 10.0. The molecule has 0 saturated heterocycles. The van der Waals surface area contributed by atoms with Crippen LogP contribution in [0.2, 0.25) is 10.0 Å². The molecule has 0 radical (unpaired) electrons. The molecule has 1 rings (SSSR count). The highest BCUT2D eigenvalue weighted by molar-refractivity contribution is 6.42. The Morgan fingerprint density at radius 2 is 2.07 bits per heavy atom. The molecule has 0 aliphatic heterocycles. The van der Waals surface area contributed by atoms with Gasteiger partial charge >= 0.3 is 0 Å². The van der Waals surface area contributed by atoms with Crippen LogP contribution in [0.4, 0.5) is 0 Å². The van der Waals surface area contributed by atoms with Gasteiger partial charge < -0.3 is 10.8 Å². The van der Waals surface area contributed by atoms with E-state index in [9.17, 15) is 0 Å². The molecule has 0 fully saturated rings. The third-order valence-corrected chi connectivity index (χ3v) is 2.99. The molecule has 1 unspecified atom stereocenters. The molecular weight excluding hydrogens is 221 g/mol. The zero-order valence-corrected chi connectivity index (χ0v) is 9.22. The van der Waals surface area contributed by atoms with E-state index < -0.39 is 0 Å². The Morgan fingerprint density at radius 1 is 1.36 bits per heavy atom. The van der Waals surface area contributed by atoms with E-state index in [1.54, 1.807) is 6.07 Å². The van der Waals surface area contributed by atoms with Crippen LogP contribution in [-0.4, -0.2) is 18.3 Å². The Balaban J connectivity index is 2.80. The minimum atomic E-state index is 0.0472. The normalized spacial score (nSPS) is 12.9. The molecule has 0 aliphatic carbocycles. The molecule has 1 atom stereocenters. The molecule has 2 nitrogen and oxygen atoms in total. The fourth-order valence-corrected chi connectivity index (χ4v) is 1.64. The summed E-state index contributed by atoms with van der Waals surface area (Å²) in [5, 5.41) is 10.1. The molecule has 0 heterocycles. The van der Waals surface area contributed by atoms with Crippen molar-refractivity contribution in [3.8, 4) is 0 Å². The summed E-state index contributed by atoms with van der Waals surface area (Å²) in [5.74, 6) is 0.0472.